The predicted molar refractivity (Wildman–Crippen MR) is 110 cm³/mol. The van der Waals surface area contributed by atoms with Crippen molar-refractivity contribution < 1.29 is 12.8 Å². The van der Waals surface area contributed by atoms with Gasteiger partial charge in [-0.25, -0.2) is 18.1 Å². The van der Waals surface area contributed by atoms with E-state index in [-0.39, 0.29) is 11.4 Å². The van der Waals surface area contributed by atoms with E-state index in [1.807, 2.05) is 60.7 Å². The monoisotopic (exact) mass is 390 g/mol. The minimum atomic E-state index is -3.56. The smallest absolute Gasteiger partial charge is 0.240 e. The van der Waals surface area contributed by atoms with Crippen LogP contribution in [0.3, 0.4) is 0 Å². The van der Waals surface area contributed by atoms with Crippen LogP contribution in [0.25, 0.3) is 23.3 Å². The normalized spacial score (nSPS) is 12.0. The fourth-order valence-electron chi connectivity index (χ4n) is 2.74. The molecule has 4 aromatic rings. The van der Waals surface area contributed by atoms with E-state index in [0.29, 0.717) is 5.89 Å². The molecule has 4 rings (SSSR count). The average Bonchev–Trinajstić information content (AvgIpc) is 3.15. The molecule has 28 heavy (non-hydrogen) atoms. The van der Waals surface area contributed by atoms with Crippen molar-refractivity contribution in [2.45, 2.75) is 11.4 Å². The largest absolute Gasteiger partial charge is 0.437 e. The van der Waals surface area contributed by atoms with E-state index in [2.05, 4.69) is 9.71 Å². The van der Waals surface area contributed by atoms with Crippen molar-refractivity contribution in [2.24, 2.45) is 0 Å². The molecule has 140 valence electrons. The Morgan fingerprint density at radius 2 is 1.57 bits per heavy atom. The highest BCUT2D eigenvalue weighted by Crippen LogP contribution is 2.17. The van der Waals surface area contributed by atoms with Gasteiger partial charge < -0.3 is 4.42 Å². The van der Waals surface area contributed by atoms with E-state index in [4.69, 9.17) is 4.42 Å². The number of sulfonamides is 1. The van der Waals surface area contributed by atoms with Gasteiger partial charge in [-0.05, 0) is 41.5 Å². The average molecular weight is 390 g/mol. The van der Waals surface area contributed by atoms with Crippen molar-refractivity contribution in [2.75, 3.05) is 0 Å². The minimum Gasteiger partial charge on any atom is -0.437 e. The summed E-state index contributed by atoms with van der Waals surface area (Å²) in [6.45, 7) is 0.253. The topological polar surface area (TPSA) is 72.2 Å². The number of benzene rings is 3. The van der Waals surface area contributed by atoms with Gasteiger partial charge in [0.05, 0.1) is 4.90 Å². The first-order valence-electron chi connectivity index (χ1n) is 8.77. The van der Waals surface area contributed by atoms with Crippen LogP contribution in [0.5, 0.6) is 0 Å². The Morgan fingerprint density at radius 1 is 0.857 bits per heavy atom. The Balaban J connectivity index is 1.45. The van der Waals surface area contributed by atoms with Gasteiger partial charge in [0, 0.05) is 12.6 Å². The minimum absolute atomic E-state index is 0.224. The summed E-state index contributed by atoms with van der Waals surface area (Å²) in [5, 5.41) is 0. The maximum absolute atomic E-state index is 12.4. The van der Waals surface area contributed by atoms with Gasteiger partial charge in [-0.15, -0.1) is 0 Å². The lowest BCUT2D eigenvalue weighted by molar-refractivity contribution is 0.581. The highest BCUT2D eigenvalue weighted by molar-refractivity contribution is 7.89. The zero-order chi connectivity index (χ0) is 19.4. The van der Waals surface area contributed by atoms with Gasteiger partial charge >= 0.3 is 0 Å². The quantitative estimate of drug-likeness (QED) is 0.527. The molecule has 1 aromatic heterocycles. The molecule has 0 bridgehead atoms. The van der Waals surface area contributed by atoms with Crippen molar-refractivity contribution >= 4 is 33.3 Å². The number of nitrogens with zero attached hydrogens (tertiary/aromatic N) is 1. The van der Waals surface area contributed by atoms with Crippen molar-refractivity contribution in [3.05, 3.63) is 95.9 Å². The summed E-state index contributed by atoms with van der Waals surface area (Å²) in [5.74, 6) is 0.502. The van der Waals surface area contributed by atoms with Crippen LogP contribution in [0.15, 0.2) is 88.2 Å². The maximum Gasteiger partial charge on any atom is 0.240 e. The van der Waals surface area contributed by atoms with Crippen LogP contribution in [-0.2, 0) is 16.6 Å². The van der Waals surface area contributed by atoms with Crippen LogP contribution < -0.4 is 4.72 Å². The Morgan fingerprint density at radius 3 is 2.32 bits per heavy atom. The molecule has 0 spiro atoms. The lowest BCUT2D eigenvalue weighted by Gasteiger charge is -2.07. The second-order valence-corrected chi connectivity index (χ2v) is 8.00. The summed E-state index contributed by atoms with van der Waals surface area (Å²) in [4.78, 5) is 4.60. The van der Waals surface area contributed by atoms with E-state index < -0.39 is 10.0 Å². The summed E-state index contributed by atoms with van der Waals surface area (Å²) in [6, 6.07) is 23.6. The van der Waals surface area contributed by atoms with Crippen molar-refractivity contribution in [3.63, 3.8) is 0 Å². The molecule has 0 atom stereocenters. The molecule has 0 aliphatic rings. The molecule has 0 unspecified atom stereocenters. The van der Waals surface area contributed by atoms with Gasteiger partial charge in [-0.3, -0.25) is 0 Å². The molecule has 0 aliphatic carbocycles. The van der Waals surface area contributed by atoms with Crippen LogP contribution in [0.2, 0.25) is 0 Å². The van der Waals surface area contributed by atoms with Crippen molar-refractivity contribution in [1.82, 2.24) is 9.71 Å². The van der Waals surface area contributed by atoms with E-state index in [1.165, 1.54) is 0 Å². The number of nitrogens with one attached hydrogen (secondary N) is 1. The first-order chi connectivity index (χ1) is 13.6. The molecule has 1 N–H and O–H groups in total. The third kappa shape index (κ3) is 4.19. The maximum atomic E-state index is 12.4. The molecule has 0 amide bonds. The highest BCUT2D eigenvalue weighted by Gasteiger charge is 2.13. The summed E-state index contributed by atoms with van der Waals surface area (Å²) in [7, 11) is -3.56. The third-order valence-corrected chi connectivity index (χ3v) is 5.65. The molecule has 0 radical (unpaired) electrons. The third-order valence-electron chi connectivity index (χ3n) is 4.23. The number of hydrogen-bond donors (Lipinski definition) is 1. The lowest BCUT2D eigenvalue weighted by Crippen LogP contribution is -2.23. The van der Waals surface area contributed by atoms with Gasteiger partial charge in [0.25, 0.3) is 0 Å². The number of oxazole rings is 1. The van der Waals surface area contributed by atoms with E-state index in [9.17, 15) is 8.42 Å². The van der Waals surface area contributed by atoms with Crippen molar-refractivity contribution in [3.8, 4) is 0 Å². The molecule has 0 saturated carbocycles. The van der Waals surface area contributed by atoms with Gasteiger partial charge in [0.15, 0.2) is 5.58 Å². The van der Waals surface area contributed by atoms with Crippen LogP contribution in [0.1, 0.15) is 17.0 Å². The first kappa shape index (κ1) is 18.2. The number of rotatable bonds is 6. The number of para-hydroxylation sites is 2. The molecule has 1 heterocycles. The van der Waals surface area contributed by atoms with Gasteiger partial charge in [-0.2, -0.15) is 0 Å². The van der Waals surface area contributed by atoms with Crippen LogP contribution in [0, 0.1) is 0 Å². The second kappa shape index (κ2) is 7.80. The Hall–Kier alpha value is -3.22. The van der Waals surface area contributed by atoms with E-state index in [0.717, 1.165) is 22.2 Å². The van der Waals surface area contributed by atoms with Gasteiger partial charge in [0.1, 0.15) is 5.52 Å². The summed E-state index contributed by atoms with van der Waals surface area (Å²) in [5.41, 5.74) is 3.29. The Bertz CT molecular complexity index is 1180. The molecular weight excluding hydrogens is 372 g/mol. The van der Waals surface area contributed by atoms with Crippen molar-refractivity contribution in [1.29, 1.82) is 0 Å². The molecule has 5 nitrogen and oxygen atoms in total. The van der Waals surface area contributed by atoms with Gasteiger partial charge in [0.2, 0.25) is 15.9 Å². The van der Waals surface area contributed by atoms with Gasteiger partial charge in [-0.1, -0.05) is 54.6 Å². The van der Waals surface area contributed by atoms with E-state index in [1.54, 1.807) is 30.3 Å². The first-order valence-corrected chi connectivity index (χ1v) is 10.3. The molecule has 0 fully saturated rings. The van der Waals surface area contributed by atoms with Crippen LogP contribution in [0.4, 0.5) is 0 Å². The molecule has 6 heteroatoms. The summed E-state index contributed by atoms with van der Waals surface area (Å²) >= 11 is 0. The molecular formula is C22H18N2O3S. The standard InChI is InChI=1S/C22H18N2O3S/c25-28(26,23-16-18-6-2-1-3-7-18)19-13-10-17(11-14-19)12-15-22-24-20-8-4-5-9-21(20)27-22/h1-15,23H,16H2/b15-12+. The van der Waals surface area contributed by atoms with Crippen LogP contribution >= 0.6 is 0 Å². The number of aromatic nitrogens is 1. The predicted octanol–water partition coefficient (Wildman–Crippen LogP) is 4.48. The molecule has 0 aliphatic heterocycles. The number of fused-ring (bicyclic) bond motifs is 1. The highest BCUT2D eigenvalue weighted by atomic mass is 32.2. The Labute approximate surface area is 163 Å². The molecule has 3 aromatic carbocycles. The lowest BCUT2D eigenvalue weighted by atomic mass is 10.2. The molecule has 0 saturated heterocycles. The zero-order valence-corrected chi connectivity index (χ0v) is 15.8. The fraction of sp³-hybridized carbons (Fsp3) is 0.0455. The summed E-state index contributed by atoms with van der Waals surface area (Å²) in [6.07, 6.45) is 3.59. The second-order valence-electron chi connectivity index (χ2n) is 6.23. The zero-order valence-electron chi connectivity index (χ0n) is 14.9. The fourth-order valence-corrected chi connectivity index (χ4v) is 3.76. The van der Waals surface area contributed by atoms with E-state index >= 15 is 0 Å². The number of hydrogen-bond acceptors (Lipinski definition) is 4. The van der Waals surface area contributed by atoms with Crippen LogP contribution in [-0.4, -0.2) is 13.4 Å². The SMILES string of the molecule is O=S(=O)(NCc1ccccc1)c1ccc(/C=C/c2nc3ccccc3o2)cc1. The summed E-state index contributed by atoms with van der Waals surface area (Å²) < 4.78 is 33.1. The Kier molecular flexibility index (Phi) is 5.06.